The highest BCUT2D eigenvalue weighted by Crippen LogP contribution is 2.36. The Labute approximate surface area is 197 Å². The van der Waals surface area contributed by atoms with Crippen LogP contribution in [0.4, 0.5) is 0 Å². The minimum absolute atomic E-state index is 0.00584. The highest BCUT2D eigenvalue weighted by molar-refractivity contribution is 7.99. The summed E-state index contributed by atoms with van der Waals surface area (Å²) in [6, 6.07) is -0.322. The number of aromatic nitrogens is 2. The van der Waals surface area contributed by atoms with Crippen LogP contribution in [0.2, 0.25) is 0 Å². The van der Waals surface area contributed by atoms with E-state index in [1.807, 2.05) is 0 Å². The number of hydrogen-bond donors (Lipinski definition) is 1. The molecule has 1 saturated heterocycles. The lowest BCUT2D eigenvalue weighted by atomic mass is 9.89. The second-order valence-corrected chi connectivity index (χ2v) is 13.8. The van der Waals surface area contributed by atoms with Gasteiger partial charge >= 0.3 is 0 Å². The van der Waals surface area contributed by atoms with Crippen molar-refractivity contribution in [3.8, 4) is 0 Å². The predicted molar refractivity (Wildman–Crippen MR) is 130 cm³/mol. The Kier molecular flexibility index (Phi) is 7.03. The van der Waals surface area contributed by atoms with Crippen LogP contribution >= 0.6 is 23.1 Å². The summed E-state index contributed by atoms with van der Waals surface area (Å²) >= 11 is 2.88. The van der Waals surface area contributed by atoms with E-state index in [0.29, 0.717) is 30.0 Å². The van der Waals surface area contributed by atoms with Crippen LogP contribution < -0.4 is 10.9 Å². The Bertz CT molecular complexity index is 1180. The van der Waals surface area contributed by atoms with Gasteiger partial charge in [-0.3, -0.25) is 14.2 Å². The summed E-state index contributed by atoms with van der Waals surface area (Å²) in [5, 5.41) is 4.16. The van der Waals surface area contributed by atoms with E-state index in [-0.39, 0.29) is 34.8 Å². The lowest BCUT2D eigenvalue weighted by molar-refractivity contribution is -0.119. The smallest absolute Gasteiger partial charge is 0.263 e. The SMILES string of the molecule is CC(C)CCn1c(SCC(=O)NC2CCS(=O)(=O)C2)nc2sc3c(c2c1=O)CCC(C)C3. The van der Waals surface area contributed by atoms with Gasteiger partial charge in [0.25, 0.3) is 5.56 Å². The molecule has 2 aromatic rings. The second kappa shape index (κ2) is 9.46. The summed E-state index contributed by atoms with van der Waals surface area (Å²) in [6.07, 6.45) is 4.34. The first kappa shape index (κ1) is 23.8. The number of aryl methyl sites for hydroxylation is 1. The van der Waals surface area contributed by atoms with Gasteiger partial charge in [0, 0.05) is 17.5 Å². The third-order valence-corrected chi connectivity index (χ3v) is 10.1. The number of fused-ring (bicyclic) bond motifs is 3. The molecule has 0 spiro atoms. The molecule has 1 aliphatic heterocycles. The van der Waals surface area contributed by atoms with Gasteiger partial charge in [0.1, 0.15) is 4.83 Å². The summed E-state index contributed by atoms with van der Waals surface area (Å²) in [6.45, 7) is 7.07. The van der Waals surface area contributed by atoms with Gasteiger partial charge in [-0.1, -0.05) is 32.5 Å². The van der Waals surface area contributed by atoms with Crippen molar-refractivity contribution in [1.82, 2.24) is 14.9 Å². The third-order valence-electron chi connectivity index (χ3n) is 6.24. The lowest BCUT2D eigenvalue weighted by Crippen LogP contribution is -2.36. The Morgan fingerprint density at radius 3 is 2.81 bits per heavy atom. The lowest BCUT2D eigenvalue weighted by Gasteiger charge is -2.18. The van der Waals surface area contributed by atoms with E-state index in [9.17, 15) is 18.0 Å². The van der Waals surface area contributed by atoms with Crippen LogP contribution in [0.1, 0.15) is 50.5 Å². The summed E-state index contributed by atoms with van der Waals surface area (Å²) in [5.74, 6) is 1.08. The predicted octanol–water partition coefficient (Wildman–Crippen LogP) is 3.02. The van der Waals surface area contributed by atoms with Gasteiger partial charge < -0.3 is 5.32 Å². The van der Waals surface area contributed by atoms with Crippen molar-refractivity contribution in [1.29, 1.82) is 0 Å². The van der Waals surface area contributed by atoms with E-state index in [0.717, 1.165) is 35.9 Å². The minimum atomic E-state index is -3.04. The number of thioether (sulfide) groups is 1. The normalized spacial score (nSPS) is 22.4. The molecule has 1 fully saturated rings. The summed E-state index contributed by atoms with van der Waals surface area (Å²) in [4.78, 5) is 32.9. The first-order valence-electron chi connectivity index (χ1n) is 11.3. The van der Waals surface area contributed by atoms with Crippen LogP contribution in [0.15, 0.2) is 9.95 Å². The maximum absolute atomic E-state index is 13.5. The highest BCUT2D eigenvalue weighted by Gasteiger charge is 2.29. The van der Waals surface area contributed by atoms with Gasteiger partial charge in [-0.25, -0.2) is 13.4 Å². The van der Waals surface area contributed by atoms with Gasteiger partial charge in [0.2, 0.25) is 5.91 Å². The van der Waals surface area contributed by atoms with E-state index in [2.05, 4.69) is 26.1 Å². The van der Waals surface area contributed by atoms with Crippen LogP contribution in [0, 0.1) is 11.8 Å². The first-order valence-corrected chi connectivity index (χ1v) is 14.9. The fraction of sp³-hybridized carbons (Fsp3) is 0.682. The fourth-order valence-electron chi connectivity index (χ4n) is 4.41. The van der Waals surface area contributed by atoms with Crippen LogP contribution in [-0.2, 0) is 34.0 Å². The van der Waals surface area contributed by atoms with Crippen molar-refractivity contribution in [3.05, 3.63) is 20.8 Å². The molecule has 3 heterocycles. The molecule has 7 nitrogen and oxygen atoms in total. The van der Waals surface area contributed by atoms with E-state index < -0.39 is 9.84 Å². The quantitative estimate of drug-likeness (QED) is 0.466. The van der Waals surface area contributed by atoms with Crippen molar-refractivity contribution in [3.63, 3.8) is 0 Å². The standard InChI is InChI=1S/C22H31N3O4S3/c1-13(2)6-8-25-21(27)19-16-5-4-14(3)10-17(16)31-20(19)24-22(25)30-11-18(26)23-15-7-9-32(28,29)12-15/h13-15H,4-12H2,1-3H3,(H,23,26). The molecule has 2 atom stereocenters. The molecule has 10 heteroatoms. The van der Waals surface area contributed by atoms with Crippen LogP contribution in [0.25, 0.3) is 10.2 Å². The molecule has 2 aromatic heterocycles. The van der Waals surface area contributed by atoms with Crippen LogP contribution in [0.5, 0.6) is 0 Å². The molecule has 0 bridgehead atoms. The maximum atomic E-state index is 13.5. The molecular weight excluding hydrogens is 466 g/mol. The zero-order valence-corrected chi connectivity index (χ0v) is 21.3. The molecule has 4 rings (SSSR count). The number of carbonyl (C=O) groups excluding carboxylic acids is 1. The van der Waals surface area contributed by atoms with Crippen molar-refractivity contribution < 1.29 is 13.2 Å². The molecule has 2 aliphatic rings. The zero-order chi connectivity index (χ0) is 23.0. The number of rotatable bonds is 7. The summed E-state index contributed by atoms with van der Waals surface area (Å²) in [7, 11) is -3.04. The molecule has 1 amide bonds. The van der Waals surface area contributed by atoms with Crippen LogP contribution in [0.3, 0.4) is 0 Å². The largest absolute Gasteiger partial charge is 0.352 e. The molecule has 0 radical (unpaired) electrons. The molecule has 2 unspecified atom stereocenters. The number of nitrogens with zero attached hydrogens (tertiary/aromatic N) is 2. The van der Waals surface area contributed by atoms with Crippen molar-refractivity contribution in [2.24, 2.45) is 11.8 Å². The van der Waals surface area contributed by atoms with Gasteiger partial charge in [-0.05, 0) is 49.5 Å². The van der Waals surface area contributed by atoms with Crippen molar-refractivity contribution in [2.75, 3.05) is 17.3 Å². The Morgan fingerprint density at radius 2 is 2.12 bits per heavy atom. The topological polar surface area (TPSA) is 98.1 Å². The highest BCUT2D eigenvalue weighted by atomic mass is 32.2. The second-order valence-electron chi connectivity index (χ2n) is 9.52. The third kappa shape index (κ3) is 5.22. The monoisotopic (exact) mass is 497 g/mol. The maximum Gasteiger partial charge on any atom is 0.263 e. The Hall–Kier alpha value is -1.39. The Morgan fingerprint density at radius 1 is 1.34 bits per heavy atom. The number of carbonyl (C=O) groups is 1. The van der Waals surface area contributed by atoms with Crippen LogP contribution in [-0.4, -0.2) is 47.2 Å². The average Bonchev–Trinajstić information content (AvgIpc) is 3.23. The summed E-state index contributed by atoms with van der Waals surface area (Å²) < 4.78 is 25.0. The minimum Gasteiger partial charge on any atom is -0.352 e. The molecular formula is C22H31N3O4S3. The summed E-state index contributed by atoms with van der Waals surface area (Å²) in [5.41, 5.74) is 1.18. The Balaban J connectivity index is 1.58. The molecule has 1 N–H and O–H groups in total. The molecule has 0 saturated carbocycles. The molecule has 176 valence electrons. The molecule has 0 aromatic carbocycles. The fourth-order valence-corrected chi connectivity index (χ4v) is 8.34. The van der Waals surface area contributed by atoms with E-state index in [4.69, 9.17) is 4.98 Å². The number of amides is 1. The first-order chi connectivity index (χ1) is 15.1. The number of sulfone groups is 1. The van der Waals surface area contributed by atoms with E-state index in [1.165, 1.54) is 22.2 Å². The zero-order valence-electron chi connectivity index (χ0n) is 18.8. The number of nitrogens with one attached hydrogen (secondary N) is 1. The van der Waals surface area contributed by atoms with Gasteiger partial charge in [0.15, 0.2) is 15.0 Å². The van der Waals surface area contributed by atoms with Gasteiger partial charge in [-0.2, -0.15) is 0 Å². The molecule has 1 aliphatic carbocycles. The number of hydrogen-bond acceptors (Lipinski definition) is 7. The molecule has 32 heavy (non-hydrogen) atoms. The van der Waals surface area contributed by atoms with Gasteiger partial charge in [-0.15, -0.1) is 11.3 Å². The average molecular weight is 498 g/mol. The van der Waals surface area contributed by atoms with Crippen molar-refractivity contribution in [2.45, 2.75) is 70.6 Å². The van der Waals surface area contributed by atoms with Gasteiger partial charge in [0.05, 0.1) is 22.6 Å². The van der Waals surface area contributed by atoms with E-state index in [1.54, 1.807) is 15.9 Å². The van der Waals surface area contributed by atoms with Crippen molar-refractivity contribution >= 4 is 49.1 Å². The number of thiophene rings is 1. The van der Waals surface area contributed by atoms with E-state index >= 15 is 0 Å².